The Morgan fingerprint density at radius 2 is 2.13 bits per heavy atom. The van der Waals surface area contributed by atoms with E-state index in [1.54, 1.807) is 43.0 Å². The average Bonchev–Trinajstić information content (AvgIpc) is 3.03. The number of rotatable bonds is 7. The van der Waals surface area contributed by atoms with Crippen molar-refractivity contribution in [3.63, 3.8) is 0 Å². The number of amides is 1. The number of hydrogen-bond acceptors (Lipinski definition) is 6. The molecule has 23 heavy (non-hydrogen) atoms. The van der Waals surface area contributed by atoms with Gasteiger partial charge in [0.25, 0.3) is 5.89 Å². The topological polar surface area (TPSA) is 94.0 Å². The Morgan fingerprint density at radius 1 is 1.43 bits per heavy atom. The largest absolute Gasteiger partial charge is 0.345 e. The van der Waals surface area contributed by atoms with Gasteiger partial charge in [-0.25, -0.2) is 0 Å². The van der Waals surface area contributed by atoms with Crippen LogP contribution < -0.4 is 11.1 Å². The maximum absolute atomic E-state index is 12.0. The fraction of sp³-hybridized carbons (Fsp3) is 0.400. The zero-order valence-electron chi connectivity index (χ0n) is 13.0. The second kappa shape index (κ2) is 8.33. The van der Waals surface area contributed by atoms with Crippen LogP contribution in [0.4, 0.5) is 0 Å². The standard InChI is InChI=1S/C15H19ClN4O2S/c1-9(18-14(21)12(17)7-8-23-2)13-19-15(22-20-13)10-3-5-11(16)6-4-10/h3-6,9,12H,7-8,17H2,1-2H3,(H,18,21)/t9?,12-/m0/s1. The third-order valence-corrected chi connectivity index (χ3v) is 4.14. The van der Waals surface area contributed by atoms with Gasteiger partial charge in [-0.1, -0.05) is 16.8 Å². The average molecular weight is 355 g/mol. The molecule has 1 amide bonds. The van der Waals surface area contributed by atoms with E-state index in [0.717, 1.165) is 11.3 Å². The first-order chi connectivity index (χ1) is 11.0. The van der Waals surface area contributed by atoms with Crippen LogP contribution in [-0.2, 0) is 4.79 Å². The summed E-state index contributed by atoms with van der Waals surface area (Å²) in [6.45, 7) is 1.79. The number of nitrogens with two attached hydrogens (primary N) is 1. The molecule has 0 aliphatic rings. The van der Waals surface area contributed by atoms with Crippen molar-refractivity contribution in [3.8, 4) is 11.5 Å². The summed E-state index contributed by atoms with van der Waals surface area (Å²) in [7, 11) is 0. The van der Waals surface area contributed by atoms with Crippen LogP contribution in [0.3, 0.4) is 0 Å². The highest BCUT2D eigenvalue weighted by atomic mass is 35.5. The molecule has 2 rings (SSSR count). The molecular weight excluding hydrogens is 336 g/mol. The smallest absolute Gasteiger partial charge is 0.257 e. The Labute approximate surface area is 144 Å². The van der Waals surface area contributed by atoms with Gasteiger partial charge in [-0.3, -0.25) is 4.79 Å². The zero-order valence-corrected chi connectivity index (χ0v) is 14.5. The van der Waals surface area contributed by atoms with Crippen LogP contribution in [0.1, 0.15) is 25.2 Å². The van der Waals surface area contributed by atoms with Gasteiger partial charge < -0.3 is 15.6 Å². The number of benzene rings is 1. The molecule has 2 aromatic rings. The van der Waals surface area contributed by atoms with E-state index >= 15 is 0 Å². The Hall–Kier alpha value is -1.57. The molecule has 124 valence electrons. The molecular formula is C15H19ClN4O2S. The number of hydrogen-bond donors (Lipinski definition) is 2. The molecule has 0 spiro atoms. The summed E-state index contributed by atoms with van der Waals surface area (Å²) in [6.07, 6.45) is 2.60. The van der Waals surface area contributed by atoms with Gasteiger partial charge in [-0.05, 0) is 49.6 Å². The highest BCUT2D eigenvalue weighted by Crippen LogP contribution is 2.21. The maximum atomic E-state index is 12.0. The minimum Gasteiger partial charge on any atom is -0.345 e. The number of nitrogens with one attached hydrogen (secondary N) is 1. The Bertz CT molecular complexity index is 647. The van der Waals surface area contributed by atoms with E-state index in [9.17, 15) is 4.79 Å². The third kappa shape index (κ3) is 4.95. The van der Waals surface area contributed by atoms with Crippen molar-refractivity contribution in [2.75, 3.05) is 12.0 Å². The lowest BCUT2D eigenvalue weighted by molar-refractivity contribution is -0.123. The summed E-state index contributed by atoms with van der Waals surface area (Å²) in [5, 5.41) is 7.34. The molecule has 2 atom stereocenters. The van der Waals surface area contributed by atoms with Crippen molar-refractivity contribution in [2.45, 2.75) is 25.4 Å². The third-order valence-electron chi connectivity index (χ3n) is 3.25. The van der Waals surface area contributed by atoms with Crippen molar-refractivity contribution in [1.82, 2.24) is 15.5 Å². The van der Waals surface area contributed by atoms with Gasteiger partial charge >= 0.3 is 0 Å². The lowest BCUT2D eigenvalue weighted by Gasteiger charge is -2.14. The first-order valence-corrected chi connectivity index (χ1v) is 8.93. The molecule has 3 N–H and O–H groups in total. The normalized spacial score (nSPS) is 13.6. The number of aromatic nitrogens is 2. The molecule has 1 aromatic heterocycles. The lowest BCUT2D eigenvalue weighted by atomic mass is 10.2. The molecule has 6 nitrogen and oxygen atoms in total. The summed E-state index contributed by atoms with van der Waals surface area (Å²) in [6, 6.07) is 6.16. The zero-order chi connectivity index (χ0) is 16.8. The van der Waals surface area contributed by atoms with Gasteiger partial charge in [0.15, 0.2) is 5.82 Å². The highest BCUT2D eigenvalue weighted by Gasteiger charge is 2.20. The number of carbonyl (C=O) groups is 1. The van der Waals surface area contributed by atoms with E-state index in [0.29, 0.717) is 23.2 Å². The van der Waals surface area contributed by atoms with Crippen LogP contribution in [0.15, 0.2) is 28.8 Å². The number of halogens is 1. The summed E-state index contributed by atoms with van der Waals surface area (Å²) in [5.74, 6) is 1.40. The fourth-order valence-corrected chi connectivity index (χ4v) is 2.50. The molecule has 0 aliphatic heterocycles. The van der Waals surface area contributed by atoms with Crippen molar-refractivity contribution < 1.29 is 9.32 Å². The van der Waals surface area contributed by atoms with Crippen LogP contribution in [0, 0.1) is 0 Å². The Kier molecular flexibility index (Phi) is 6.44. The SMILES string of the molecule is CSCC[C@H](N)C(=O)NC(C)c1noc(-c2ccc(Cl)cc2)n1. The molecule has 1 heterocycles. The highest BCUT2D eigenvalue weighted by molar-refractivity contribution is 7.98. The Balaban J connectivity index is 1.99. The predicted molar refractivity (Wildman–Crippen MR) is 92.3 cm³/mol. The monoisotopic (exact) mass is 354 g/mol. The van der Waals surface area contributed by atoms with Crippen molar-refractivity contribution in [1.29, 1.82) is 0 Å². The van der Waals surface area contributed by atoms with E-state index in [-0.39, 0.29) is 11.9 Å². The van der Waals surface area contributed by atoms with Gasteiger partial charge in [0.1, 0.15) is 0 Å². The minimum atomic E-state index is -0.535. The van der Waals surface area contributed by atoms with E-state index in [2.05, 4.69) is 15.5 Å². The van der Waals surface area contributed by atoms with E-state index in [4.69, 9.17) is 21.9 Å². The van der Waals surface area contributed by atoms with Crippen LogP contribution in [0.5, 0.6) is 0 Å². The van der Waals surface area contributed by atoms with Gasteiger partial charge in [0.05, 0.1) is 12.1 Å². The molecule has 0 saturated carbocycles. The second-order valence-electron chi connectivity index (χ2n) is 5.08. The first-order valence-electron chi connectivity index (χ1n) is 7.15. The molecule has 1 unspecified atom stereocenters. The maximum Gasteiger partial charge on any atom is 0.257 e. The molecule has 0 fully saturated rings. The summed E-state index contributed by atoms with van der Waals surface area (Å²) in [4.78, 5) is 16.3. The second-order valence-corrected chi connectivity index (χ2v) is 6.50. The number of carbonyl (C=O) groups excluding carboxylic acids is 1. The van der Waals surface area contributed by atoms with Crippen LogP contribution in [0.2, 0.25) is 5.02 Å². The van der Waals surface area contributed by atoms with Crippen molar-refractivity contribution in [3.05, 3.63) is 35.1 Å². The van der Waals surface area contributed by atoms with Crippen LogP contribution >= 0.6 is 23.4 Å². The minimum absolute atomic E-state index is 0.218. The van der Waals surface area contributed by atoms with Gasteiger partial charge in [0.2, 0.25) is 5.91 Å². The molecule has 0 saturated heterocycles. The van der Waals surface area contributed by atoms with Crippen LogP contribution in [-0.4, -0.2) is 34.1 Å². The molecule has 0 radical (unpaired) electrons. The predicted octanol–water partition coefficient (Wildman–Crippen LogP) is 2.65. The molecule has 0 bridgehead atoms. The summed E-state index contributed by atoms with van der Waals surface area (Å²) < 4.78 is 5.23. The number of nitrogens with zero attached hydrogens (tertiary/aromatic N) is 2. The number of thioether (sulfide) groups is 1. The lowest BCUT2D eigenvalue weighted by Crippen LogP contribution is -2.42. The molecule has 0 aliphatic carbocycles. The van der Waals surface area contributed by atoms with E-state index < -0.39 is 6.04 Å². The van der Waals surface area contributed by atoms with E-state index in [1.165, 1.54) is 0 Å². The van der Waals surface area contributed by atoms with Gasteiger partial charge in [-0.15, -0.1) is 0 Å². The van der Waals surface area contributed by atoms with Gasteiger partial charge in [0, 0.05) is 10.6 Å². The molecule has 8 heteroatoms. The fourth-order valence-electron chi connectivity index (χ4n) is 1.88. The van der Waals surface area contributed by atoms with E-state index in [1.807, 2.05) is 6.26 Å². The summed E-state index contributed by atoms with van der Waals surface area (Å²) >= 11 is 7.51. The quantitative estimate of drug-likeness (QED) is 0.793. The van der Waals surface area contributed by atoms with Crippen molar-refractivity contribution >= 4 is 29.3 Å². The van der Waals surface area contributed by atoms with Crippen LogP contribution in [0.25, 0.3) is 11.5 Å². The Morgan fingerprint density at radius 3 is 2.78 bits per heavy atom. The first kappa shape index (κ1) is 17.8. The summed E-state index contributed by atoms with van der Waals surface area (Å²) in [5.41, 5.74) is 6.60. The molecule has 1 aromatic carbocycles. The van der Waals surface area contributed by atoms with Gasteiger partial charge in [-0.2, -0.15) is 16.7 Å². The van der Waals surface area contributed by atoms with Crippen molar-refractivity contribution in [2.24, 2.45) is 5.73 Å².